The summed E-state index contributed by atoms with van der Waals surface area (Å²) in [6, 6.07) is 4.44. The van der Waals surface area contributed by atoms with Crippen LogP contribution in [0.4, 0.5) is 22.0 Å². The van der Waals surface area contributed by atoms with Crippen molar-refractivity contribution < 1.29 is 31.5 Å². The molecule has 1 fully saturated rings. The summed E-state index contributed by atoms with van der Waals surface area (Å²) in [4.78, 5) is 19.4. The number of hydrogen-bond acceptors (Lipinski definition) is 5. The van der Waals surface area contributed by atoms with Crippen molar-refractivity contribution in [2.24, 2.45) is 0 Å². The quantitative estimate of drug-likeness (QED) is 0.429. The first-order valence-corrected chi connectivity index (χ1v) is 9.20. The van der Waals surface area contributed by atoms with Crippen LogP contribution in [0.3, 0.4) is 0 Å². The van der Waals surface area contributed by atoms with E-state index < -0.39 is 24.2 Å². The van der Waals surface area contributed by atoms with E-state index in [2.05, 4.69) is 25.1 Å². The van der Waals surface area contributed by atoms with Gasteiger partial charge in [-0.3, -0.25) is 19.4 Å². The van der Waals surface area contributed by atoms with E-state index in [1.807, 2.05) is 0 Å². The Morgan fingerprint density at radius 3 is 2.55 bits per heavy atom. The van der Waals surface area contributed by atoms with Gasteiger partial charge in [-0.25, -0.2) is 0 Å². The summed E-state index contributed by atoms with van der Waals surface area (Å²) in [7, 11) is 0. The molecular formula is C19H16F5N5O2. The Balaban J connectivity index is 1.47. The third kappa shape index (κ3) is 4.14. The number of pyridine rings is 2. The molecule has 12 heteroatoms. The fourth-order valence-corrected chi connectivity index (χ4v) is 3.16. The van der Waals surface area contributed by atoms with E-state index in [9.17, 15) is 26.7 Å². The first-order valence-electron chi connectivity index (χ1n) is 9.20. The number of nitrogens with zero attached hydrogens (tertiary/aromatic N) is 4. The number of carbonyl (C=O) groups is 1. The molecule has 1 N–H and O–H groups in total. The second-order valence-electron chi connectivity index (χ2n) is 7.24. The second kappa shape index (κ2) is 7.43. The number of alkyl halides is 5. The van der Waals surface area contributed by atoms with Crippen LogP contribution in [0.25, 0.3) is 10.9 Å². The predicted octanol–water partition coefficient (Wildman–Crippen LogP) is 3.19. The lowest BCUT2D eigenvalue weighted by Crippen LogP contribution is -2.41. The summed E-state index contributed by atoms with van der Waals surface area (Å²) in [5.74, 6) is -5.16. The number of halogens is 5. The fourth-order valence-electron chi connectivity index (χ4n) is 3.16. The van der Waals surface area contributed by atoms with Crippen LogP contribution in [0, 0.1) is 0 Å². The van der Waals surface area contributed by atoms with Gasteiger partial charge in [0.25, 0.3) is 0 Å². The summed E-state index contributed by atoms with van der Waals surface area (Å²) >= 11 is 0. The highest BCUT2D eigenvalue weighted by atomic mass is 19.4. The maximum atomic E-state index is 12.9. The number of carbonyl (C=O) groups excluding carboxylic acids is 1. The van der Waals surface area contributed by atoms with Crippen molar-refractivity contribution >= 4 is 17.3 Å². The SMILES string of the molecule is O=CNC1(c2nccc3nn(Cc4ccc(OCC(F)(F)C(F)(F)F)cn4)cc23)CC1. The molecule has 3 heterocycles. The van der Waals surface area contributed by atoms with Crippen LogP contribution in [0.2, 0.25) is 0 Å². The van der Waals surface area contributed by atoms with Gasteiger partial charge < -0.3 is 10.1 Å². The van der Waals surface area contributed by atoms with Gasteiger partial charge in [0.2, 0.25) is 6.41 Å². The van der Waals surface area contributed by atoms with Crippen molar-refractivity contribution in [3.05, 3.63) is 48.2 Å². The molecule has 0 saturated heterocycles. The summed E-state index contributed by atoms with van der Waals surface area (Å²) in [5, 5.41) is 8.04. The molecule has 0 aliphatic heterocycles. The molecule has 4 rings (SSSR count). The Morgan fingerprint density at radius 1 is 1.16 bits per heavy atom. The van der Waals surface area contributed by atoms with Crippen molar-refractivity contribution in [1.29, 1.82) is 0 Å². The number of ether oxygens (including phenoxy) is 1. The number of aromatic nitrogens is 4. The molecular weight excluding hydrogens is 425 g/mol. The lowest BCUT2D eigenvalue weighted by molar-refractivity contribution is -0.290. The van der Waals surface area contributed by atoms with Crippen molar-refractivity contribution in [2.75, 3.05) is 6.61 Å². The molecule has 1 aliphatic rings. The van der Waals surface area contributed by atoms with Crippen LogP contribution in [-0.2, 0) is 16.9 Å². The Labute approximate surface area is 172 Å². The van der Waals surface area contributed by atoms with Gasteiger partial charge in [0.05, 0.1) is 35.2 Å². The molecule has 0 radical (unpaired) electrons. The number of nitrogens with one attached hydrogen (secondary N) is 1. The first-order chi connectivity index (χ1) is 14.6. The van der Waals surface area contributed by atoms with E-state index in [0.29, 0.717) is 17.6 Å². The van der Waals surface area contributed by atoms with Crippen LogP contribution >= 0.6 is 0 Å². The maximum absolute atomic E-state index is 12.9. The minimum absolute atomic E-state index is 0.208. The topological polar surface area (TPSA) is 81.9 Å². The molecule has 3 aromatic heterocycles. The summed E-state index contributed by atoms with van der Waals surface area (Å²) in [6.45, 7) is -1.60. The average molecular weight is 441 g/mol. The van der Waals surface area contributed by atoms with Crippen LogP contribution in [0.1, 0.15) is 24.2 Å². The third-order valence-electron chi connectivity index (χ3n) is 4.98. The fraction of sp³-hybridized carbons (Fsp3) is 0.368. The highest BCUT2D eigenvalue weighted by molar-refractivity contribution is 5.82. The van der Waals surface area contributed by atoms with Crippen molar-refractivity contribution in [2.45, 2.75) is 37.0 Å². The van der Waals surface area contributed by atoms with E-state index in [0.717, 1.165) is 30.1 Å². The average Bonchev–Trinajstić information content (AvgIpc) is 3.37. The molecule has 1 amide bonds. The minimum Gasteiger partial charge on any atom is -0.485 e. The van der Waals surface area contributed by atoms with Gasteiger partial charge in [-0.2, -0.15) is 27.1 Å². The normalized spacial score (nSPS) is 15.6. The van der Waals surface area contributed by atoms with Gasteiger partial charge in [-0.15, -0.1) is 0 Å². The summed E-state index contributed by atoms with van der Waals surface area (Å²) in [5.41, 5.74) is 1.42. The zero-order valence-electron chi connectivity index (χ0n) is 15.9. The summed E-state index contributed by atoms with van der Waals surface area (Å²) in [6.07, 6.45) is 0.972. The Morgan fingerprint density at radius 2 is 1.94 bits per heavy atom. The van der Waals surface area contributed by atoms with Crippen molar-refractivity contribution in [3.8, 4) is 5.75 Å². The highest BCUT2D eigenvalue weighted by Crippen LogP contribution is 2.46. The van der Waals surface area contributed by atoms with Gasteiger partial charge in [-0.05, 0) is 31.0 Å². The third-order valence-corrected chi connectivity index (χ3v) is 4.98. The minimum atomic E-state index is -5.68. The molecule has 0 spiro atoms. The molecule has 0 atom stereocenters. The van der Waals surface area contributed by atoms with Gasteiger partial charge in [0.15, 0.2) is 6.61 Å². The van der Waals surface area contributed by atoms with E-state index in [4.69, 9.17) is 0 Å². The number of rotatable bonds is 8. The Hall–Kier alpha value is -3.31. The molecule has 31 heavy (non-hydrogen) atoms. The Bertz CT molecular complexity index is 1090. The lowest BCUT2D eigenvalue weighted by atomic mass is 10.1. The zero-order chi connectivity index (χ0) is 22.3. The van der Waals surface area contributed by atoms with Gasteiger partial charge in [0, 0.05) is 17.8 Å². The lowest BCUT2D eigenvalue weighted by Gasteiger charge is -2.19. The molecule has 0 bridgehead atoms. The molecule has 0 aromatic carbocycles. The largest absolute Gasteiger partial charge is 0.485 e. The van der Waals surface area contributed by atoms with Crippen LogP contribution < -0.4 is 10.1 Å². The number of amides is 1. The van der Waals surface area contributed by atoms with Crippen LogP contribution in [-0.4, -0.2) is 44.9 Å². The van der Waals surface area contributed by atoms with E-state index >= 15 is 0 Å². The molecule has 164 valence electrons. The summed E-state index contributed by atoms with van der Waals surface area (Å²) < 4.78 is 68.6. The van der Waals surface area contributed by atoms with Crippen LogP contribution in [0.15, 0.2) is 36.8 Å². The predicted molar refractivity (Wildman–Crippen MR) is 97.5 cm³/mol. The zero-order valence-corrected chi connectivity index (χ0v) is 15.9. The van der Waals surface area contributed by atoms with Crippen molar-refractivity contribution in [3.63, 3.8) is 0 Å². The second-order valence-corrected chi connectivity index (χ2v) is 7.24. The molecule has 1 aliphatic carbocycles. The van der Waals surface area contributed by atoms with Gasteiger partial charge in [-0.1, -0.05) is 0 Å². The highest BCUT2D eigenvalue weighted by Gasteiger charge is 2.58. The standard InChI is InChI=1S/C19H16F5N5O2/c20-18(21,19(22,23)24)10-31-13-2-1-12(26-7-13)8-29-9-14-15(28-29)3-6-25-16(14)17(4-5-17)27-11-30/h1-3,6-7,9,11H,4-5,8,10H2,(H,27,30). The molecule has 1 saturated carbocycles. The van der Waals surface area contributed by atoms with E-state index in [-0.39, 0.29) is 12.3 Å². The number of hydrogen-bond donors (Lipinski definition) is 1. The number of fused-ring (bicyclic) bond motifs is 1. The molecule has 3 aromatic rings. The van der Waals surface area contributed by atoms with Crippen LogP contribution in [0.5, 0.6) is 5.75 Å². The maximum Gasteiger partial charge on any atom is 0.456 e. The van der Waals surface area contributed by atoms with E-state index in [1.165, 1.54) is 12.1 Å². The molecule has 7 nitrogen and oxygen atoms in total. The van der Waals surface area contributed by atoms with Gasteiger partial charge in [0.1, 0.15) is 5.75 Å². The van der Waals surface area contributed by atoms with E-state index in [1.54, 1.807) is 23.1 Å². The van der Waals surface area contributed by atoms with Gasteiger partial charge >= 0.3 is 12.1 Å². The smallest absolute Gasteiger partial charge is 0.456 e. The molecule has 0 unspecified atom stereocenters. The Kier molecular flexibility index (Phi) is 5.02. The monoisotopic (exact) mass is 441 g/mol. The van der Waals surface area contributed by atoms with Crippen molar-refractivity contribution in [1.82, 2.24) is 25.1 Å². The first kappa shape index (κ1) is 20.9.